The number of nitrogens with zero attached hydrogens (tertiary/aromatic N) is 2. The number of aryl methyl sites for hydroxylation is 1. The first kappa shape index (κ1) is 20.4. The third-order valence-electron chi connectivity index (χ3n) is 4.61. The number of nitrogens with one attached hydrogen (secondary N) is 1. The van der Waals surface area contributed by atoms with Gasteiger partial charge in [0.2, 0.25) is 17.7 Å². The Morgan fingerprint density at radius 3 is 2.63 bits per heavy atom. The van der Waals surface area contributed by atoms with E-state index in [9.17, 15) is 24.3 Å². The Hall–Kier alpha value is -2.90. The van der Waals surface area contributed by atoms with Gasteiger partial charge < -0.3 is 20.2 Å². The van der Waals surface area contributed by atoms with Crippen LogP contribution in [-0.2, 0) is 25.6 Å². The molecule has 1 unspecified atom stereocenters. The first-order valence-electron chi connectivity index (χ1n) is 8.96. The Labute approximate surface area is 158 Å². The van der Waals surface area contributed by atoms with Crippen molar-refractivity contribution in [1.82, 2.24) is 10.2 Å². The number of carboxylic acids is 1. The number of rotatable bonds is 8. The van der Waals surface area contributed by atoms with Crippen molar-refractivity contribution < 1.29 is 24.3 Å². The molecular formula is C19H25N3O5. The lowest BCUT2D eigenvalue weighted by atomic mass is 10.0. The SMILES string of the molecule is CC(=O)NCCN(C(=O)CCN1C(=O)CCc2ccccc21)C(C)C(=O)O. The summed E-state index contributed by atoms with van der Waals surface area (Å²) in [5.74, 6) is -1.78. The second-order valence-electron chi connectivity index (χ2n) is 6.51. The lowest BCUT2D eigenvalue weighted by molar-refractivity contribution is -0.149. The summed E-state index contributed by atoms with van der Waals surface area (Å²) >= 11 is 0. The fraction of sp³-hybridized carbons (Fsp3) is 0.474. The van der Waals surface area contributed by atoms with Crippen LogP contribution in [0.1, 0.15) is 32.3 Å². The minimum Gasteiger partial charge on any atom is -0.480 e. The van der Waals surface area contributed by atoms with E-state index < -0.39 is 12.0 Å². The van der Waals surface area contributed by atoms with Crippen LogP contribution in [0.5, 0.6) is 0 Å². The van der Waals surface area contributed by atoms with Crippen molar-refractivity contribution in [3.05, 3.63) is 29.8 Å². The predicted octanol–water partition coefficient (Wildman–Crippen LogP) is 0.794. The lowest BCUT2D eigenvalue weighted by Crippen LogP contribution is -2.48. The van der Waals surface area contributed by atoms with Gasteiger partial charge in [0.25, 0.3) is 0 Å². The minimum atomic E-state index is -1.12. The molecule has 1 atom stereocenters. The fourth-order valence-corrected chi connectivity index (χ4v) is 3.11. The van der Waals surface area contributed by atoms with Gasteiger partial charge >= 0.3 is 5.97 Å². The zero-order valence-corrected chi connectivity index (χ0v) is 15.6. The Balaban J connectivity index is 2.05. The van der Waals surface area contributed by atoms with Gasteiger partial charge in [-0.25, -0.2) is 4.79 Å². The number of aliphatic carboxylic acids is 1. The minimum absolute atomic E-state index is 0.0117. The van der Waals surface area contributed by atoms with Gasteiger partial charge in [-0.1, -0.05) is 18.2 Å². The maximum atomic E-state index is 12.6. The summed E-state index contributed by atoms with van der Waals surface area (Å²) in [6.07, 6.45) is 1.08. The molecule has 1 heterocycles. The number of carbonyl (C=O) groups is 4. The molecule has 2 N–H and O–H groups in total. The number of benzene rings is 1. The van der Waals surface area contributed by atoms with E-state index in [-0.39, 0.29) is 43.8 Å². The van der Waals surface area contributed by atoms with Crippen molar-refractivity contribution >= 4 is 29.4 Å². The zero-order chi connectivity index (χ0) is 20.0. The highest BCUT2D eigenvalue weighted by Crippen LogP contribution is 2.27. The molecule has 8 nitrogen and oxygen atoms in total. The van der Waals surface area contributed by atoms with Gasteiger partial charge in [0.05, 0.1) is 0 Å². The molecule has 0 radical (unpaired) electrons. The van der Waals surface area contributed by atoms with Gasteiger partial charge in [-0.15, -0.1) is 0 Å². The third-order valence-corrected chi connectivity index (χ3v) is 4.61. The average molecular weight is 375 g/mol. The van der Waals surface area contributed by atoms with Crippen LogP contribution >= 0.6 is 0 Å². The zero-order valence-electron chi connectivity index (χ0n) is 15.6. The second kappa shape index (κ2) is 9.16. The van der Waals surface area contributed by atoms with Crippen LogP contribution in [0.3, 0.4) is 0 Å². The molecule has 0 fully saturated rings. The van der Waals surface area contributed by atoms with Gasteiger partial charge in [-0.05, 0) is 25.0 Å². The summed E-state index contributed by atoms with van der Waals surface area (Å²) in [6.45, 7) is 3.24. The molecule has 8 heteroatoms. The molecule has 146 valence electrons. The van der Waals surface area contributed by atoms with Gasteiger partial charge in [0.15, 0.2) is 0 Å². The number of para-hydroxylation sites is 1. The van der Waals surface area contributed by atoms with E-state index >= 15 is 0 Å². The topological polar surface area (TPSA) is 107 Å². The summed E-state index contributed by atoms with van der Waals surface area (Å²) in [6, 6.07) is 6.55. The van der Waals surface area contributed by atoms with Crippen molar-refractivity contribution in [3.63, 3.8) is 0 Å². The number of amides is 3. The first-order valence-corrected chi connectivity index (χ1v) is 8.96. The van der Waals surface area contributed by atoms with Crippen LogP contribution in [0, 0.1) is 0 Å². The Kier molecular flexibility index (Phi) is 6.92. The predicted molar refractivity (Wildman–Crippen MR) is 99.2 cm³/mol. The lowest BCUT2D eigenvalue weighted by Gasteiger charge is -2.31. The highest BCUT2D eigenvalue weighted by atomic mass is 16.4. The molecule has 0 saturated carbocycles. The number of carbonyl (C=O) groups excluding carboxylic acids is 3. The summed E-state index contributed by atoms with van der Waals surface area (Å²) < 4.78 is 0. The van der Waals surface area contributed by atoms with Crippen LogP contribution in [0.4, 0.5) is 5.69 Å². The second-order valence-corrected chi connectivity index (χ2v) is 6.51. The molecule has 1 aliphatic rings. The quantitative estimate of drug-likeness (QED) is 0.699. The van der Waals surface area contributed by atoms with E-state index in [0.29, 0.717) is 12.8 Å². The molecule has 3 amide bonds. The Morgan fingerprint density at radius 2 is 1.96 bits per heavy atom. The van der Waals surface area contributed by atoms with Crippen molar-refractivity contribution in [2.75, 3.05) is 24.5 Å². The van der Waals surface area contributed by atoms with Crippen molar-refractivity contribution in [2.24, 2.45) is 0 Å². The maximum Gasteiger partial charge on any atom is 0.326 e. The third kappa shape index (κ3) is 5.29. The van der Waals surface area contributed by atoms with Crippen molar-refractivity contribution in [1.29, 1.82) is 0 Å². The van der Waals surface area contributed by atoms with E-state index in [2.05, 4.69) is 5.32 Å². The van der Waals surface area contributed by atoms with Gasteiger partial charge in [0, 0.05) is 45.1 Å². The van der Waals surface area contributed by atoms with E-state index in [1.54, 1.807) is 4.90 Å². The molecule has 0 saturated heterocycles. The summed E-state index contributed by atoms with van der Waals surface area (Å²) in [7, 11) is 0. The summed E-state index contributed by atoms with van der Waals surface area (Å²) in [5, 5.41) is 11.8. The molecule has 27 heavy (non-hydrogen) atoms. The molecular weight excluding hydrogens is 350 g/mol. The Bertz CT molecular complexity index is 734. The normalized spacial score (nSPS) is 14.3. The van der Waals surface area contributed by atoms with Crippen molar-refractivity contribution in [3.8, 4) is 0 Å². The molecule has 1 aromatic carbocycles. The fourth-order valence-electron chi connectivity index (χ4n) is 3.11. The van der Waals surface area contributed by atoms with Gasteiger partial charge in [-0.3, -0.25) is 14.4 Å². The van der Waals surface area contributed by atoms with E-state index in [4.69, 9.17) is 0 Å². The summed E-state index contributed by atoms with van der Waals surface area (Å²) in [5.41, 5.74) is 1.86. The van der Waals surface area contributed by atoms with Crippen LogP contribution in [-0.4, -0.2) is 59.4 Å². The highest BCUT2D eigenvalue weighted by Gasteiger charge is 2.28. The standard InChI is InChI=1S/C19H25N3O5/c1-13(19(26)27)21(12-10-20-14(2)23)18(25)9-11-22-16-6-4-3-5-15(16)7-8-17(22)24/h3-6,13H,7-12H2,1-2H3,(H,20,23)(H,26,27). The van der Waals surface area contributed by atoms with Crippen LogP contribution in [0.25, 0.3) is 0 Å². The molecule has 1 aromatic rings. The number of anilines is 1. The van der Waals surface area contributed by atoms with Gasteiger partial charge in [0.1, 0.15) is 6.04 Å². The molecule has 0 bridgehead atoms. The van der Waals surface area contributed by atoms with Gasteiger partial charge in [-0.2, -0.15) is 0 Å². The number of hydrogen-bond donors (Lipinski definition) is 2. The van der Waals surface area contributed by atoms with E-state index in [1.165, 1.54) is 18.7 Å². The largest absolute Gasteiger partial charge is 0.480 e. The number of hydrogen-bond acceptors (Lipinski definition) is 4. The molecule has 1 aliphatic heterocycles. The van der Waals surface area contributed by atoms with Crippen LogP contribution < -0.4 is 10.2 Å². The van der Waals surface area contributed by atoms with Crippen molar-refractivity contribution in [2.45, 2.75) is 39.2 Å². The van der Waals surface area contributed by atoms with E-state index in [0.717, 1.165) is 11.3 Å². The first-order chi connectivity index (χ1) is 12.8. The maximum absolute atomic E-state index is 12.6. The average Bonchev–Trinajstić information content (AvgIpc) is 2.63. The molecule has 0 aromatic heterocycles. The molecule has 0 aliphatic carbocycles. The van der Waals surface area contributed by atoms with Crippen LogP contribution in [0.2, 0.25) is 0 Å². The number of carboxylic acid groups (broad SMARTS) is 1. The smallest absolute Gasteiger partial charge is 0.326 e. The highest BCUT2D eigenvalue weighted by molar-refractivity contribution is 5.97. The van der Waals surface area contributed by atoms with Crippen LogP contribution in [0.15, 0.2) is 24.3 Å². The monoisotopic (exact) mass is 375 g/mol. The molecule has 2 rings (SSSR count). The summed E-state index contributed by atoms with van der Waals surface area (Å²) in [4.78, 5) is 50.1. The van der Waals surface area contributed by atoms with E-state index in [1.807, 2.05) is 24.3 Å². The number of fused-ring (bicyclic) bond motifs is 1. The Morgan fingerprint density at radius 1 is 1.26 bits per heavy atom. The molecule has 0 spiro atoms.